The minimum atomic E-state index is -0.160. The number of rotatable bonds is 9. The van der Waals surface area contributed by atoms with E-state index in [1.54, 1.807) is 29.2 Å². The number of likely N-dealkylation sites (N-methyl/N-ethyl adjacent to an activating group) is 1. The Morgan fingerprint density at radius 3 is 2.17 bits per heavy atom. The van der Waals surface area contributed by atoms with Crippen LogP contribution in [0.4, 0.5) is 10.5 Å². The molecule has 3 amide bonds. The van der Waals surface area contributed by atoms with E-state index in [4.69, 9.17) is 0 Å². The molecule has 156 valence electrons. The fourth-order valence-electron chi connectivity index (χ4n) is 2.68. The molecule has 0 aliphatic heterocycles. The second kappa shape index (κ2) is 11.2. The molecule has 0 saturated carbocycles. The zero-order valence-corrected chi connectivity index (χ0v) is 17.8. The number of benzene rings is 2. The summed E-state index contributed by atoms with van der Waals surface area (Å²) < 4.78 is 0. The highest BCUT2D eigenvalue weighted by atomic mass is 16.2. The fraction of sp³-hybridized carbons (Fsp3) is 0.391. The Bertz CT molecular complexity index is 773. The second-order valence-corrected chi connectivity index (χ2v) is 7.82. The number of carbonyl (C=O) groups excluding carboxylic acids is 2. The summed E-state index contributed by atoms with van der Waals surface area (Å²) in [6, 6.07) is 16.8. The Kier molecular flexibility index (Phi) is 8.68. The molecular formula is C23H32N4O2. The van der Waals surface area contributed by atoms with Gasteiger partial charge in [-0.25, -0.2) is 4.79 Å². The first-order valence-electron chi connectivity index (χ1n) is 9.98. The number of urea groups is 1. The van der Waals surface area contributed by atoms with E-state index in [-0.39, 0.29) is 11.9 Å². The van der Waals surface area contributed by atoms with E-state index in [0.29, 0.717) is 36.8 Å². The molecule has 2 N–H and O–H groups in total. The van der Waals surface area contributed by atoms with Crippen LogP contribution in [0.5, 0.6) is 0 Å². The van der Waals surface area contributed by atoms with Gasteiger partial charge in [0.05, 0.1) is 0 Å². The van der Waals surface area contributed by atoms with Crippen LogP contribution in [0.2, 0.25) is 0 Å². The van der Waals surface area contributed by atoms with E-state index < -0.39 is 0 Å². The molecule has 0 bridgehead atoms. The molecular weight excluding hydrogens is 364 g/mol. The largest absolute Gasteiger partial charge is 0.352 e. The Hall–Kier alpha value is -2.86. The molecule has 2 aromatic carbocycles. The molecule has 0 fully saturated rings. The first kappa shape index (κ1) is 22.4. The van der Waals surface area contributed by atoms with Gasteiger partial charge in [0, 0.05) is 37.4 Å². The predicted molar refractivity (Wildman–Crippen MR) is 118 cm³/mol. The lowest BCUT2D eigenvalue weighted by Gasteiger charge is -2.25. The summed E-state index contributed by atoms with van der Waals surface area (Å²) in [4.78, 5) is 28.8. The number of nitrogens with one attached hydrogen (secondary N) is 2. The molecule has 2 aromatic rings. The van der Waals surface area contributed by atoms with Crippen LogP contribution in [-0.4, -0.2) is 55.5 Å². The summed E-state index contributed by atoms with van der Waals surface area (Å²) in [6.07, 6.45) is 0. The van der Waals surface area contributed by atoms with Gasteiger partial charge in [0.2, 0.25) is 0 Å². The van der Waals surface area contributed by atoms with Gasteiger partial charge in [0.25, 0.3) is 5.91 Å². The maximum absolute atomic E-state index is 12.8. The summed E-state index contributed by atoms with van der Waals surface area (Å²) in [7, 11) is 3.98. The van der Waals surface area contributed by atoms with Crippen LogP contribution >= 0.6 is 0 Å². The number of nitrogens with zero attached hydrogens (tertiary/aromatic N) is 2. The number of anilines is 1. The van der Waals surface area contributed by atoms with Crippen LogP contribution in [0.25, 0.3) is 0 Å². The number of hydrogen-bond donors (Lipinski definition) is 2. The van der Waals surface area contributed by atoms with Crippen molar-refractivity contribution < 1.29 is 9.59 Å². The van der Waals surface area contributed by atoms with Crippen molar-refractivity contribution in [3.63, 3.8) is 0 Å². The van der Waals surface area contributed by atoms with E-state index in [1.165, 1.54) is 0 Å². The molecule has 29 heavy (non-hydrogen) atoms. The van der Waals surface area contributed by atoms with Crippen molar-refractivity contribution in [3.8, 4) is 0 Å². The van der Waals surface area contributed by atoms with Gasteiger partial charge in [-0.1, -0.05) is 44.2 Å². The van der Waals surface area contributed by atoms with Crippen molar-refractivity contribution >= 4 is 17.6 Å². The average molecular weight is 397 g/mol. The number of carbonyl (C=O) groups is 2. The van der Waals surface area contributed by atoms with E-state index in [2.05, 4.69) is 29.4 Å². The summed E-state index contributed by atoms with van der Waals surface area (Å²) in [5.74, 6) is 0.295. The monoisotopic (exact) mass is 396 g/mol. The molecule has 0 spiro atoms. The van der Waals surface area contributed by atoms with Crippen molar-refractivity contribution in [3.05, 3.63) is 65.7 Å². The highest BCUT2D eigenvalue weighted by molar-refractivity contribution is 5.95. The Morgan fingerprint density at radius 1 is 0.931 bits per heavy atom. The molecule has 0 radical (unpaired) electrons. The van der Waals surface area contributed by atoms with Crippen LogP contribution in [0, 0.1) is 5.92 Å². The third kappa shape index (κ3) is 7.95. The molecule has 0 aromatic heterocycles. The van der Waals surface area contributed by atoms with E-state index in [9.17, 15) is 9.59 Å². The summed E-state index contributed by atoms with van der Waals surface area (Å²) >= 11 is 0. The number of amides is 3. The zero-order valence-electron chi connectivity index (χ0n) is 17.8. The van der Waals surface area contributed by atoms with Gasteiger partial charge in [-0.3, -0.25) is 4.79 Å². The van der Waals surface area contributed by atoms with Crippen LogP contribution in [-0.2, 0) is 6.54 Å². The molecule has 6 heteroatoms. The Morgan fingerprint density at radius 2 is 1.59 bits per heavy atom. The molecule has 0 aliphatic carbocycles. The topological polar surface area (TPSA) is 64.7 Å². The minimum Gasteiger partial charge on any atom is -0.352 e. The van der Waals surface area contributed by atoms with Crippen molar-refractivity contribution in [2.45, 2.75) is 20.4 Å². The van der Waals surface area contributed by atoms with Gasteiger partial charge in [0.15, 0.2) is 0 Å². The van der Waals surface area contributed by atoms with E-state index >= 15 is 0 Å². The molecule has 0 saturated heterocycles. The van der Waals surface area contributed by atoms with Gasteiger partial charge >= 0.3 is 6.03 Å². The molecule has 6 nitrogen and oxygen atoms in total. The normalized spacial score (nSPS) is 10.8. The van der Waals surface area contributed by atoms with Gasteiger partial charge in [0.1, 0.15) is 0 Å². The van der Waals surface area contributed by atoms with Gasteiger partial charge < -0.3 is 20.4 Å². The zero-order chi connectivity index (χ0) is 21.2. The van der Waals surface area contributed by atoms with Crippen LogP contribution in [0.1, 0.15) is 29.8 Å². The van der Waals surface area contributed by atoms with Gasteiger partial charge in [-0.2, -0.15) is 0 Å². The highest BCUT2D eigenvalue weighted by Gasteiger charge is 2.15. The third-order valence-electron chi connectivity index (χ3n) is 4.39. The van der Waals surface area contributed by atoms with Crippen LogP contribution < -0.4 is 10.6 Å². The van der Waals surface area contributed by atoms with Crippen molar-refractivity contribution in [1.82, 2.24) is 15.1 Å². The lowest BCUT2D eigenvalue weighted by atomic mass is 10.1. The third-order valence-corrected chi connectivity index (χ3v) is 4.39. The van der Waals surface area contributed by atoms with Crippen molar-refractivity contribution in [2.75, 3.05) is 39.0 Å². The lowest BCUT2D eigenvalue weighted by molar-refractivity contribution is 0.0949. The predicted octanol–water partition coefficient (Wildman–Crippen LogP) is 3.67. The van der Waals surface area contributed by atoms with E-state index in [1.807, 2.05) is 44.4 Å². The maximum Gasteiger partial charge on any atom is 0.322 e. The standard InChI is InChI=1S/C23H32N4O2/c1-18(2)16-24-22(28)20-10-12-21(13-11-20)25-23(29)27(15-14-26(3)4)17-19-8-6-5-7-9-19/h5-13,18H,14-17H2,1-4H3,(H,24,28)(H,25,29). The Balaban J connectivity index is 2.00. The van der Waals surface area contributed by atoms with Crippen molar-refractivity contribution in [2.24, 2.45) is 5.92 Å². The smallest absolute Gasteiger partial charge is 0.322 e. The highest BCUT2D eigenvalue weighted by Crippen LogP contribution is 2.12. The van der Waals surface area contributed by atoms with Gasteiger partial charge in [-0.05, 0) is 49.8 Å². The maximum atomic E-state index is 12.8. The summed E-state index contributed by atoms with van der Waals surface area (Å²) in [6.45, 7) is 6.67. The lowest BCUT2D eigenvalue weighted by Crippen LogP contribution is -2.39. The van der Waals surface area contributed by atoms with Gasteiger partial charge in [-0.15, -0.1) is 0 Å². The molecule has 0 unspecified atom stereocenters. The van der Waals surface area contributed by atoms with Crippen LogP contribution in [0.3, 0.4) is 0 Å². The summed E-state index contributed by atoms with van der Waals surface area (Å²) in [5.41, 5.74) is 2.33. The fourth-order valence-corrected chi connectivity index (χ4v) is 2.68. The SMILES string of the molecule is CC(C)CNC(=O)c1ccc(NC(=O)N(CCN(C)C)Cc2ccccc2)cc1. The van der Waals surface area contributed by atoms with Crippen molar-refractivity contribution in [1.29, 1.82) is 0 Å². The average Bonchev–Trinajstić information content (AvgIpc) is 2.70. The molecule has 2 rings (SSSR count). The van der Waals surface area contributed by atoms with Crippen LogP contribution in [0.15, 0.2) is 54.6 Å². The first-order valence-corrected chi connectivity index (χ1v) is 9.98. The summed E-state index contributed by atoms with van der Waals surface area (Å²) in [5, 5.41) is 5.83. The molecule has 0 atom stereocenters. The van der Waals surface area contributed by atoms with E-state index in [0.717, 1.165) is 12.1 Å². The minimum absolute atomic E-state index is 0.103. The molecule has 0 aliphatic rings. The first-order chi connectivity index (χ1) is 13.8. The quantitative estimate of drug-likeness (QED) is 0.680. The second-order valence-electron chi connectivity index (χ2n) is 7.82. The molecule has 0 heterocycles. The Labute approximate surface area is 173 Å². The number of hydrogen-bond acceptors (Lipinski definition) is 3.